The molecule has 5 heteroatoms. The Kier molecular flexibility index (Phi) is 12.6. The Hall–Kier alpha value is -0.880. The van der Waals surface area contributed by atoms with Gasteiger partial charge in [-0.3, -0.25) is 0 Å². The number of aliphatic hydroxyl groups excluding tert-OH is 1. The van der Waals surface area contributed by atoms with E-state index in [1.165, 1.54) is 23.5 Å². The number of ether oxygens (including phenoxy) is 2. The van der Waals surface area contributed by atoms with Crippen LogP contribution in [0.3, 0.4) is 0 Å². The molecule has 1 fully saturated rings. The molecule has 1 saturated heterocycles. The number of hydrogen-bond donors (Lipinski definition) is 1. The lowest BCUT2D eigenvalue weighted by Gasteiger charge is -2.35. The van der Waals surface area contributed by atoms with Crippen LogP contribution < -0.4 is 4.74 Å². The lowest BCUT2D eigenvalue weighted by molar-refractivity contribution is 0.117. The topological polar surface area (TPSA) is 38.7 Å². The van der Waals surface area contributed by atoms with Crippen molar-refractivity contribution in [2.45, 2.75) is 55.6 Å². The van der Waals surface area contributed by atoms with Gasteiger partial charge in [0.05, 0.1) is 17.8 Å². The molecule has 1 aromatic carbocycles. The molecule has 0 atom stereocenters. The summed E-state index contributed by atoms with van der Waals surface area (Å²) in [5.74, 6) is 3.39. The summed E-state index contributed by atoms with van der Waals surface area (Å²) in [6, 6.07) is 8.03. The SMILES string of the molecule is COc1ccc(COCCCC/C=C/C=C/CC2(CCCO)SCCCS2)cc1. The molecule has 2 rings (SSSR count). The first-order valence-corrected chi connectivity index (χ1v) is 12.7. The van der Waals surface area contributed by atoms with E-state index in [9.17, 15) is 5.11 Å². The summed E-state index contributed by atoms with van der Waals surface area (Å²) in [5.41, 5.74) is 1.18. The van der Waals surface area contributed by atoms with Gasteiger partial charge in [0.15, 0.2) is 0 Å². The summed E-state index contributed by atoms with van der Waals surface area (Å²) >= 11 is 4.17. The zero-order valence-electron chi connectivity index (χ0n) is 17.7. The van der Waals surface area contributed by atoms with Crippen molar-refractivity contribution in [3.63, 3.8) is 0 Å². The van der Waals surface area contributed by atoms with Crippen molar-refractivity contribution in [1.82, 2.24) is 0 Å². The molecule has 0 amide bonds. The maximum absolute atomic E-state index is 9.17. The molecule has 162 valence electrons. The largest absolute Gasteiger partial charge is 0.497 e. The van der Waals surface area contributed by atoms with Gasteiger partial charge in [0, 0.05) is 13.2 Å². The summed E-state index contributed by atoms with van der Waals surface area (Å²) in [7, 11) is 1.68. The van der Waals surface area contributed by atoms with Crippen molar-refractivity contribution in [1.29, 1.82) is 0 Å². The van der Waals surface area contributed by atoms with Crippen molar-refractivity contribution in [2.75, 3.05) is 31.8 Å². The van der Waals surface area contributed by atoms with E-state index in [1.54, 1.807) is 7.11 Å². The summed E-state index contributed by atoms with van der Waals surface area (Å²) in [6.07, 6.45) is 16.7. The van der Waals surface area contributed by atoms with Gasteiger partial charge < -0.3 is 14.6 Å². The predicted molar refractivity (Wildman–Crippen MR) is 128 cm³/mol. The summed E-state index contributed by atoms with van der Waals surface area (Å²) < 4.78 is 11.2. The van der Waals surface area contributed by atoms with Crippen LogP contribution in [0.2, 0.25) is 0 Å². The van der Waals surface area contributed by atoms with Crippen molar-refractivity contribution in [2.24, 2.45) is 0 Å². The zero-order valence-corrected chi connectivity index (χ0v) is 19.3. The van der Waals surface area contributed by atoms with Gasteiger partial charge in [0.25, 0.3) is 0 Å². The van der Waals surface area contributed by atoms with Gasteiger partial charge in [-0.05, 0) is 74.1 Å². The van der Waals surface area contributed by atoms with E-state index in [0.29, 0.717) is 13.2 Å². The van der Waals surface area contributed by atoms with Crippen LogP contribution in [0.5, 0.6) is 5.75 Å². The average molecular weight is 437 g/mol. The van der Waals surface area contributed by atoms with Gasteiger partial charge >= 0.3 is 0 Å². The van der Waals surface area contributed by atoms with Crippen LogP contribution in [0.25, 0.3) is 0 Å². The molecule has 0 spiro atoms. The maximum Gasteiger partial charge on any atom is 0.118 e. The van der Waals surface area contributed by atoms with Crippen LogP contribution in [-0.2, 0) is 11.3 Å². The number of thioether (sulfide) groups is 2. The van der Waals surface area contributed by atoms with E-state index in [2.05, 4.69) is 47.8 Å². The van der Waals surface area contributed by atoms with Crippen LogP contribution in [0, 0.1) is 0 Å². The highest BCUT2D eigenvalue weighted by molar-refractivity contribution is 8.18. The number of aliphatic hydroxyl groups is 1. The van der Waals surface area contributed by atoms with Crippen molar-refractivity contribution in [3.05, 3.63) is 54.1 Å². The van der Waals surface area contributed by atoms with Gasteiger partial charge in [-0.1, -0.05) is 36.4 Å². The molecule has 0 radical (unpaired) electrons. The highest BCUT2D eigenvalue weighted by Crippen LogP contribution is 2.48. The minimum atomic E-state index is 0.284. The van der Waals surface area contributed by atoms with E-state index in [4.69, 9.17) is 9.47 Å². The third-order valence-electron chi connectivity index (χ3n) is 4.88. The van der Waals surface area contributed by atoms with Gasteiger partial charge in [-0.2, -0.15) is 0 Å². The highest BCUT2D eigenvalue weighted by Gasteiger charge is 2.31. The molecule has 1 aromatic rings. The maximum atomic E-state index is 9.17. The third-order valence-corrected chi connectivity index (χ3v) is 8.37. The summed E-state index contributed by atoms with van der Waals surface area (Å²) in [4.78, 5) is 0. The van der Waals surface area contributed by atoms with E-state index < -0.39 is 0 Å². The Labute approximate surface area is 185 Å². The van der Waals surface area contributed by atoms with Crippen LogP contribution in [0.15, 0.2) is 48.6 Å². The van der Waals surface area contributed by atoms with E-state index in [-0.39, 0.29) is 4.08 Å². The van der Waals surface area contributed by atoms with Crippen molar-refractivity contribution in [3.8, 4) is 5.75 Å². The molecule has 1 N–H and O–H groups in total. The average Bonchev–Trinajstić information content (AvgIpc) is 2.77. The monoisotopic (exact) mass is 436 g/mol. The fourth-order valence-electron chi connectivity index (χ4n) is 3.21. The van der Waals surface area contributed by atoms with E-state index >= 15 is 0 Å². The number of allylic oxidation sites excluding steroid dienone is 4. The van der Waals surface area contributed by atoms with E-state index in [1.807, 2.05) is 24.3 Å². The van der Waals surface area contributed by atoms with E-state index in [0.717, 1.165) is 50.9 Å². The Morgan fingerprint density at radius 2 is 1.79 bits per heavy atom. The smallest absolute Gasteiger partial charge is 0.118 e. The molecule has 1 heterocycles. The lowest BCUT2D eigenvalue weighted by atomic mass is 10.1. The second-order valence-corrected chi connectivity index (χ2v) is 10.5. The molecule has 0 aromatic heterocycles. The quantitative estimate of drug-likeness (QED) is 0.277. The molecule has 0 aliphatic carbocycles. The predicted octanol–water partition coefficient (Wildman–Crippen LogP) is 6.22. The van der Waals surface area contributed by atoms with Gasteiger partial charge in [-0.15, -0.1) is 23.5 Å². The van der Waals surface area contributed by atoms with Crippen LogP contribution in [0.4, 0.5) is 0 Å². The van der Waals surface area contributed by atoms with Crippen LogP contribution >= 0.6 is 23.5 Å². The molecular weight excluding hydrogens is 400 g/mol. The highest BCUT2D eigenvalue weighted by atomic mass is 32.2. The molecule has 0 saturated carbocycles. The molecule has 0 unspecified atom stereocenters. The van der Waals surface area contributed by atoms with Gasteiger partial charge in [-0.25, -0.2) is 0 Å². The third kappa shape index (κ3) is 10.1. The number of unbranched alkanes of at least 4 members (excludes halogenated alkanes) is 2. The Bertz CT molecular complexity index is 593. The fourth-order valence-corrected chi connectivity index (χ4v) is 6.55. The van der Waals surface area contributed by atoms with Crippen molar-refractivity contribution >= 4 is 23.5 Å². The second kappa shape index (κ2) is 15.0. The Morgan fingerprint density at radius 1 is 1.03 bits per heavy atom. The molecule has 1 aliphatic rings. The fraction of sp³-hybridized carbons (Fsp3) is 0.583. The molecular formula is C24H36O3S2. The normalized spacial score (nSPS) is 16.6. The molecule has 0 bridgehead atoms. The minimum absolute atomic E-state index is 0.284. The van der Waals surface area contributed by atoms with Gasteiger partial charge in [0.2, 0.25) is 0 Å². The number of rotatable bonds is 14. The first kappa shape index (κ1) is 24.4. The number of benzene rings is 1. The lowest BCUT2D eigenvalue weighted by Crippen LogP contribution is -2.24. The molecule has 1 aliphatic heterocycles. The van der Waals surface area contributed by atoms with Gasteiger partial charge in [0.1, 0.15) is 5.75 Å². The molecule has 29 heavy (non-hydrogen) atoms. The summed E-state index contributed by atoms with van der Waals surface area (Å²) in [6.45, 7) is 1.77. The molecule has 3 nitrogen and oxygen atoms in total. The Morgan fingerprint density at radius 3 is 2.52 bits per heavy atom. The van der Waals surface area contributed by atoms with Crippen LogP contribution in [0.1, 0.15) is 50.5 Å². The Balaban J connectivity index is 1.53. The first-order chi connectivity index (χ1) is 14.3. The van der Waals surface area contributed by atoms with Crippen molar-refractivity contribution < 1.29 is 14.6 Å². The number of methoxy groups -OCH3 is 1. The minimum Gasteiger partial charge on any atom is -0.497 e. The van der Waals surface area contributed by atoms with Crippen LogP contribution in [-0.4, -0.2) is 41.0 Å². The first-order valence-electron chi connectivity index (χ1n) is 10.7. The standard InChI is InChI=1S/C24H36O3S2/c1-26-23-13-11-22(12-14-23)21-27-18-8-6-4-2-3-5-7-15-24(16-9-17-25)28-19-10-20-29-24/h2-3,5,7,11-14,25H,4,6,8-10,15-21H2,1H3/b3-2+,7-5+. The number of hydrogen-bond acceptors (Lipinski definition) is 5. The summed E-state index contributed by atoms with van der Waals surface area (Å²) in [5, 5.41) is 9.17. The second-order valence-electron chi connectivity index (χ2n) is 7.25. The zero-order chi connectivity index (χ0) is 20.6.